The Bertz CT molecular complexity index is 703. The lowest BCUT2D eigenvalue weighted by molar-refractivity contribution is 0.491. The van der Waals surface area contributed by atoms with Gasteiger partial charge in [0.2, 0.25) is 0 Å². The molecule has 2 aromatic rings. The molecule has 2 aromatic heterocycles. The van der Waals surface area contributed by atoms with Gasteiger partial charge in [0.15, 0.2) is 0 Å². The number of nitrogens with zero attached hydrogens (tertiary/aromatic N) is 3. The molecule has 2 unspecified atom stereocenters. The summed E-state index contributed by atoms with van der Waals surface area (Å²) in [6.07, 6.45) is 9.19. The zero-order valence-corrected chi connectivity index (χ0v) is 15.3. The lowest BCUT2D eigenvalue weighted by Gasteiger charge is -2.11. The Labute approximate surface area is 144 Å². The van der Waals surface area contributed by atoms with E-state index < -0.39 is 0 Å². The highest BCUT2D eigenvalue weighted by Crippen LogP contribution is 2.24. The molecule has 7 heteroatoms. The van der Waals surface area contributed by atoms with Crippen LogP contribution in [-0.2, 0) is 6.54 Å². The van der Waals surface area contributed by atoms with Crippen molar-refractivity contribution < 1.29 is 0 Å². The maximum atomic E-state index is 5.70. The smallest absolute Gasteiger partial charge is 0.0739 e. The number of fused-ring (bicyclic) bond motifs is 1. The molecule has 0 radical (unpaired) electrons. The predicted octanol–water partition coefficient (Wildman–Crippen LogP) is 2.96. The van der Waals surface area contributed by atoms with Crippen LogP contribution in [-0.4, -0.2) is 28.9 Å². The third-order valence-corrected chi connectivity index (χ3v) is 5.06. The first-order valence-electron chi connectivity index (χ1n) is 7.28. The van der Waals surface area contributed by atoms with Crippen molar-refractivity contribution in [2.45, 2.75) is 13.0 Å². The van der Waals surface area contributed by atoms with Crippen molar-refractivity contribution in [3.8, 4) is 0 Å². The monoisotopic (exact) mass is 427 g/mol. The van der Waals surface area contributed by atoms with E-state index in [9.17, 15) is 0 Å². The van der Waals surface area contributed by atoms with Gasteiger partial charge in [0.25, 0.3) is 0 Å². The largest absolute Gasteiger partial charge is 0.404 e. The molecule has 0 amide bonds. The number of nitrogens with one attached hydrogen (secondary N) is 1. The van der Waals surface area contributed by atoms with E-state index in [0.29, 0.717) is 12.3 Å². The van der Waals surface area contributed by atoms with Gasteiger partial charge >= 0.3 is 0 Å². The molecule has 3 rings (SSSR count). The molecular formula is C15H19IN5P. The van der Waals surface area contributed by atoms with Crippen molar-refractivity contribution in [2.75, 3.05) is 13.1 Å². The van der Waals surface area contributed by atoms with Crippen molar-refractivity contribution in [1.82, 2.24) is 14.9 Å². The van der Waals surface area contributed by atoms with E-state index in [1.807, 2.05) is 6.20 Å². The number of rotatable bonds is 5. The van der Waals surface area contributed by atoms with Crippen molar-refractivity contribution >= 4 is 51.1 Å². The van der Waals surface area contributed by atoms with E-state index in [1.54, 1.807) is 12.4 Å². The van der Waals surface area contributed by atoms with Crippen LogP contribution in [0.15, 0.2) is 35.5 Å². The van der Waals surface area contributed by atoms with Crippen LogP contribution in [0.2, 0.25) is 0 Å². The van der Waals surface area contributed by atoms with Crippen molar-refractivity contribution in [2.24, 2.45) is 16.4 Å². The van der Waals surface area contributed by atoms with E-state index in [-0.39, 0.29) is 0 Å². The molecule has 3 heterocycles. The van der Waals surface area contributed by atoms with Gasteiger partial charge in [-0.25, -0.2) is 0 Å². The second-order valence-corrected chi connectivity index (χ2v) is 7.29. The molecule has 2 atom stereocenters. The van der Waals surface area contributed by atoms with Crippen molar-refractivity contribution in [3.63, 3.8) is 0 Å². The lowest BCUT2D eigenvalue weighted by Crippen LogP contribution is -2.13. The Balaban J connectivity index is 1.86. The third-order valence-electron chi connectivity index (χ3n) is 4.00. The zero-order chi connectivity index (χ0) is 15.4. The Morgan fingerprint density at radius 3 is 3.27 bits per heavy atom. The fourth-order valence-electron chi connectivity index (χ4n) is 2.84. The van der Waals surface area contributed by atoms with E-state index in [4.69, 9.17) is 5.73 Å². The van der Waals surface area contributed by atoms with Crippen molar-refractivity contribution in [3.05, 3.63) is 36.4 Å². The molecule has 1 fully saturated rings. The van der Waals surface area contributed by atoms with Gasteiger partial charge in [0.1, 0.15) is 0 Å². The van der Waals surface area contributed by atoms with Crippen LogP contribution in [0.1, 0.15) is 12.1 Å². The van der Waals surface area contributed by atoms with Crippen LogP contribution in [0, 0.1) is 5.92 Å². The average molecular weight is 427 g/mol. The molecule has 0 aliphatic carbocycles. The lowest BCUT2D eigenvalue weighted by atomic mass is 10.1. The molecule has 1 aliphatic rings. The summed E-state index contributed by atoms with van der Waals surface area (Å²) >= 11 is 2.23. The summed E-state index contributed by atoms with van der Waals surface area (Å²) in [7, 11) is 0. The quantitative estimate of drug-likeness (QED) is 0.438. The highest BCUT2D eigenvalue weighted by Gasteiger charge is 2.16. The van der Waals surface area contributed by atoms with Crippen LogP contribution in [0.4, 0.5) is 0 Å². The van der Waals surface area contributed by atoms with Crippen LogP contribution in [0.3, 0.4) is 0 Å². The van der Waals surface area contributed by atoms with Gasteiger partial charge in [0, 0.05) is 36.1 Å². The van der Waals surface area contributed by atoms with Gasteiger partial charge in [-0.3, -0.25) is 9.75 Å². The Kier molecular flexibility index (Phi) is 5.44. The summed E-state index contributed by atoms with van der Waals surface area (Å²) in [5, 5.41) is 4.61. The number of hydrogen-bond acceptors (Lipinski definition) is 4. The molecule has 0 saturated carbocycles. The second kappa shape index (κ2) is 7.53. The zero-order valence-electron chi connectivity index (χ0n) is 12.2. The number of pyridine rings is 1. The minimum atomic E-state index is 0.492. The molecule has 22 heavy (non-hydrogen) atoms. The van der Waals surface area contributed by atoms with Gasteiger partial charge < -0.3 is 15.6 Å². The van der Waals surface area contributed by atoms with Gasteiger partial charge in [-0.05, 0) is 59.6 Å². The van der Waals surface area contributed by atoms with Crippen LogP contribution in [0.5, 0.6) is 0 Å². The molecule has 0 bridgehead atoms. The molecule has 1 aliphatic heterocycles. The molecule has 3 N–H and O–H groups in total. The Morgan fingerprint density at radius 2 is 2.55 bits per heavy atom. The normalized spacial score (nSPS) is 20.0. The first-order valence-corrected chi connectivity index (χ1v) is 11.3. The van der Waals surface area contributed by atoms with Crippen molar-refractivity contribution in [1.29, 1.82) is 0 Å². The molecule has 0 spiro atoms. The highest BCUT2D eigenvalue weighted by atomic mass is 127. The van der Waals surface area contributed by atoms with Crippen LogP contribution in [0.25, 0.3) is 16.5 Å². The fraction of sp³-hybridized carbons (Fsp3) is 0.333. The summed E-state index contributed by atoms with van der Waals surface area (Å²) in [6.45, 7) is 3.29. The fourth-order valence-corrected chi connectivity index (χ4v) is 3.45. The SMILES string of the molecule is NC=C(C=NPI)c1cc2ccn(CC3CCNC3)c2cn1. The Hall–Kier alpha value is -0.980. The summed E-state index contributed by atoms with van der Waals surface area (Å²) in [4.78, 5) is 4.56. The minimum Gasteiger partial charge on any atom is -0.404 e. The Morgan fingerprint density at radius 1 is 1.64 bits per heavy atom. The summed E-state index contributed by atoms with van der Waals surface area (Å²) < 4.78 is 6.56. The summed E-state index contributed by atoms with van der Waals surface area (Å²) in [5.74, 6) is 0.714. The van der Waals surface area contributed by atoms with E-state index in [0.717, 1.165) is 30.9 Å². The molecule has 1 saturated heterocycles. The maximum Gasteiger partial charge on any atom is 0.0739 e. The summed E-state index contributed by atoms with van der Waals surface area (Å²) in [5.41, 5.74) is 8.61. The number of aromatic nitrogens is 2. The van der Waals surface area contributed by atoms with E-state index in [1.165, 1.54) is 17.3 Å². The third kappa shape index (κ3) is 3.50. The minimum absolute atomic E-state index is 0.492. The number of hydrogen-bond donors (Lipinski definition) is 2. The number of allylic oxidation sites excluding steroid dienone is 1. The van der Waals surface area contributed by atoms with Gasteiger partial charge in [-0.15, -0.1) is 0 Å². The molecular weight excluding hydrogens is 408 g/mol. The second-order valence-electron chi connectivity index (χ2n) is 5.42. The topological polar surface area (TPSA) is 68.2 Å². The summed E-state index contributed by atoms with van der Waals surface area (Å²) in [6, 6.07) is 4.23. The number of nitrogens with two attached hydrogens (primary N) is 1. The average Bonchev–Trinajstić information content (AvgIpc) is 3.19. The van der Waals surface area contributed by atoms with E-state index in [2.05, 4.69) is 60.0 Å². The highest BCUT2D eigenvalue weighted by molar-refractivity contribution is 14.2. The van der Waals surface area contributed by atoms with Crippen LogP contribution >= 0.6 is 28.4 Å². The molecule has 116 valence electrons. The predicted molar refractivity (Wildman–Crippen MR) is 104 cm³/mol. The van der Waals surface area contributed by atoms with Crippen LogP contribution < -0.4 is 11.1 Å². The first kappa shape index (κ1) is 15.9. The van der Waals surface area contributed by atoms with E-state index >= 15 is 0 Å². The van der Waals surface area contributed by atoms with Gasteiger partial charge in [-0.2, -0.15) is 0 Å². The van der Waals surface area contributed by atoms with Gasteiger partial charge in [0.05, 0.1) is 23.8 Å². The molecule has 5 nitrogen and oxygen atoms in total. The first-order chi connectivity index (χ1) is 10.8. The standard InChI is InChI=1S/C15H19IN5P/c16-22-20-8-13(6-17)14-5-12-2-4-21(15(12)9-19-14)10-11-1-3-18-7-11/h2,4-6,8-9,11,18,22H,1,3,7,10,17H2. The maximum absolute atomic E-state index is 5.70. The number of halogens is 1. The molecule has 0 aromatic carbocycles. The van der Waals surface area contributed by atoms with Gasteiger partial charge in [-0.1, -0.05) is 0 Å².